The van der Waals surface area contributed by atoms with Crippen LogP contribution in [-0.4, -0.2) is 68.1 Å². The Morgan fingerprint density at radius 1 is 1.38 bits per heavy atom. The molecule has 2 aliphatic rings. The maximum atomic E-state index is 12.0. The van der Waals surface area contributed by atoms with Crippen LogP contribution in [0.25, 0.3) is 0 Å². The number of rotatable bonds is 2. The van der Waals surface area contributed by atoms with E-state index in [2.05, 4.69) is 21.7 Å². The summed E-state index contributed by atoms with van der Waals surface area (Å²) in [5.41, 5.74) is 0. The first-order valence-corrected chi connectivity index (χ1v) is 8.05. The number of hydrogen-bond acceptors (Lipinski definition) is 6. The largest absolute Gasteiger partial charge is 0.483 e. The summed E-state index contributed by atoms with van der Waals surface area (Å²) in [4.78, 5) is 22.0. The second-order valence-electron chi connectivity index (χ2n) is 6.08. The summed E-state index contributed by atoms with van der Waals surface area (Å²) in [6.07, 6.45) is 0.976. The predicted molar refractivity (Wildman–Crippen MR) is 83.3 cm³/mol. The van der Waals surface area contributed by atoms with Gasteiger partial charge < -0.3 is 24.4 Å². The molecule has 1 saturated heterocycles. The molecule has 134 valence electrons. The topological polar surface area (TPSA) is 118 Å². The van der Waals surface area contributed by atoms with Crippen LogP contribution in [0.5, 0.6) is 0 Å². The molecule has 2 atom stereocenters. The minimum atomic E-state index is -0.971. The fraction of sp³-hybridized carbons (Fsp3) is 0.733. The zero-order valence-corrected chi connectivity index (χ0v) is 14.0. The monoisotopic (exact) mass is 340 g/mol. The number of aromatic nitrogens is 3. The molecule has 9 nitrogen and oxygen atoms in total. The van der Waals surface area contributed by atoms with Gasteiger partial charge in [0.15, 0.2) is 5.82 Å². The van der Waals surface area contributed by atoms with Crippen LogP contribution < -0.4 is 0 Å². The third-order valence-electron chi connectivity index (χ3n) is 4.31. The van der Waals surface area contributed by atoms with Gasteiger partial charge in [0.1, 0.15) is 11.9 Å². The summed E-state index contributed by atoms with van der Waals surface area (Å²) in [6.45, 7) is 5.87. The van der Waals surface area contributed by atoms with Crippen molar-refractivity contribution in [2.45, 2.75) is 51.3 Å². The number of ether oxygens (including phenoxy) is 1. The van der Waals surface area contributed by atoms with Crippen molar-refractivity contribution >= 4 is 12.4 Å². The van der Waals surface area contributed by atoms with E-state index in [-0.39, 0.29) is 18.4 Å². The number of nitrogens with zero attached hydrogens (tertiary/aromatic N) is 4. The van der Waals surface area contributed by atoms with Crippen molar-refractivity contribution < 1.29 is 24.5 Å². The third-order valence-corrected chi connectivity index (χ3v) is 4.31. The molecule has 0 saturated carbocycles. The number of carbonyl (C=O) groups is 2. The van der Waals surface area contributed by atoms with Crippen molar-refractivity contribution in [1.82, 2.24) is 19.7 Å². The highest BCUT2D eigenvalue weighted by atomic mass is 16.5. The number of hydrogen-bond donors (Lipinski definition) is 2. The molecule has 3 heterocycles. The van der Waals surface area contributed by atoms with Crippen LogP contribution in [0.15, 0.2) is 0 Å². The number of aliphatic hydroxyl groups is 1. The zero-order valence-electron chi connectivity index (χ0n) is 14.0. The van der Waals surface area contributed by atoms with Crippen LogP contribution in [0.3, 0.4) is 0 Å². The molecule has 0 spiro atoms. The van der Waals surface area contributed by atoms with E-state index < -0.39 is 6.10 Å². The molecule has 0 unspecified atom stereocenters. The molecule has 1 fully saturated rings. The van der Waals surface area contributed by atoms with Crippen LogP contribution >= 0.6 is 0 Å². The summed E-state index contributed by atoms with van der Waals surface area (Å²) >= 11 is 0. The molecule has 9 heteroatoms. The maximum absolute atomic E-state index is 12.0. The molecule has 0 bridgehead atoms. The molecule has 2 aliphatic heterocycles. The molecule has 0 radical (unpaired) electrons. The fourth-order valence-electron chi connectivity index (χ4n) is 3.23. The van der Waals surface area contributed by atoms with E-state index in [9.17, 15) is 9.90 Å². The average Bonchev–Trinajstić information content (AvgIpc) is 3.00. The first-order valence-electron chi connectivity index (χ1n) is 8.05. The van der Waals surface area contributed by atoms with E-state index in [0.717, 1.165) is 37.7 Å². The van der Waals surface area contributed by atoms with Gasteiger partial charge in [0.05, 0.1) is 12.6 Å². The summed E-state index contributed by atoms with van der Waals surface area (Å²) in [6, 6.07) is 0.129. The lowest BCUT2D eigenvalue weighted by atomic mass is 9.99. The van der Waals surface area contributed by atoms with Gasteiger partial charge in [-0.25, -0.2) is 0 Å². The van der Waals surface area contributed by atoms with Crippen LogP contribution in [0.2, 0.25) is 0 Å². The van der Waals surface area contributed by atoms with Crippen molar-refractivity contribution in [3.05, 3.63) is 11.6 Å². The predicted octanol–water partition coefficient (Wildman–Crippen LogP) is 0.157. The Morgan fingerprint density at radius 3 is 2.58 bits per heavy atom. The number of aliphatic hydroxyl groups excluding tert-OH is 1. The maximum Gasteiger partial charge on any atom is 0.290 e. The SMILES string of the molecule is C[C@@H](O)C(=O)N1Cc2nnc(C3CCOCC3)n2[C@@H](C)C1.O=CO. The number of carboxylic acid groups (broad SMARTS) is 1. The second-order valence-corrected chi connectivity index (χ2v) is 6.08. The minimum absolute atomic E-state index is 0.129. The molecule has 0 aliphatic carbocycles. The summed E-state index contributed by atoms with van der Waals surface area (Å²) in [5, 5.41) is 25.0. The van der Waals surface area contributed by atoms with Crippen LogP contribution in [0.1, 0.15) is 50.3 Å². The molecule has 1 aromatic heterocycles. The Hall–Kier alpha value is -2.00. The van der Waals surface area contributed by atoms with Crippen LogP contribution in [0.4, 0.5) is 0 Å². The highest BCUT2D eigenvalue weighted by molar-refractivity contribution is 5.80. The summed E-state index contributed by atoms with van der Waals surface area (Å²) in [7, 11) is 0. The lowest BCUT2D eigenvalue weighted by Gasteiger charge is -2.34. The fourth-order valence-corrected chi connectivity index (χ4v) is 3.23. The van der Waals surface area contributed by atoms with Gasteiger partial charge in [-0.2, -0.15) is 0 Å². The van der Waals surface area contributed by atoms with Gasteiger partial charge in [0, 0.05) is 25.7 Å². The summed E-state index contributed by atoms with van der Waals surface area (Å²) in [5.74, 6) is 1.97. The smallest absolute Gasteiger partial charge is 0.290 e. The molecule has 3 rings (SSSR count). The Balaban J connectivity index is 0.000000647. The Kier molecular flexibility index (Phi) is 6.27. The first kappa shape index (κ1) is 18.3. The van der Waals surface area contributed by atoms with Crippen molar-refractivity contribution in [2.75, 3.05) is 19.8 Å². The molecular formula is C15H24N4O5. The van der Waals surface area contributed by atoms with E-state index in [4.69, 9.17) is 14.6 Å². The highest BCUT2D eigenvalue weighted by Crippen LogP contribution is 2.30. The van der Waals surface area contributed by atoms with Gasteiger partial charge in [-0.3, -0.25) is 9.59 Å². The zero-order chi connectivity index (χ0) is 17.7. The third kappa shape index (κ3) is 3.90. The van der Waals surface area contributed by atoms with Gasteiger partial charge in [-0.05, 0) is 26.7 Å². The highest BCUT2D eigenvalue weighted by Gasteiger charge is 2.33. The molecule has 1 amide bonds. The van der Waals surface area contributed by atoms with Gasteiger partial charge >= 0.3 is 0 Å². The number of amides is 1. The first-order chi connectivity index (χ1) is 11.5. The average molecular weight is 340 g/mol. The Morgan fingerprint density at radius 2 is 2.00 bits per heavy atom. The normalized spacial score (nSPS) is 22.1. The van der Waals surface area contributed by atoms with Gasteiger partial charge in [-0.15, -0.1) is 10.2 Å². The van der Waals surface area contributed by atoms with E-state index in [1.807, 2.05) is 0 Å². The van der Waals surface area contributed by atoms with E-state index in [0.29, 0.717) is 19.0 Å². The van der Waals surface area contributed by atoms with Crippen LogP contribution in [0, 0.1) is 0 Å². The van der Waals surface area contributed by atoms with Crippen molar-refractivity contribution in [1.29, 1.82) is 0 Å². The number of carbonyl (C=O) groups excluding carboxylic acids is 1. The van der Waals surface area contributed by atoms with Crippen molar-refractivity contribution in [3.8, 4) is 0 Å². The van der Waals surface area contributed by atoms with E-state index >= 15 is 0 Å². The molecular weight excluding hydrogens is 316 g/mol. The number of fused-ring (bicyclic) bond motifs is 1. The quantitative estimate of drug-likeness (QED) is 0.736. The Labute approximate surface area is 140 Å². The minimum Gasteiger partial charge on any atom is -0.483 e. The van der Waals surface area contributed by atoms with Crippen molar-refractivity contribution in [2.24, 2.45) is 0 Å². The van der Waals surface area contributed by atoms with E-state index in [1.54, 1.807) is 4.90 Å². The standard InChI is InChI=1S/C14H22N4O3.CH2O2/c1-9-7-17(14(20)10(2)19)8-12-15-16-13(18(9)12)11-3-5-21-6-4-11;2-1-3/h9-11,19H,3-8H2,1-2H3;1H,(H,2,3)/t9-,10+;/m0./s1. The van der Waals surface area contributed by atoms with E-state index in [1.165, 1.54) is 6.92 Å². The lowest BCUT2D eigenvalue weighted by Crippen LogP contribution is -2.44. The van der Waals surface area contributed by atoms with Gasteiger partial charge in [-0.1, -0.05) is 0 Å². The van der Waals surface area contributed by atoms with Crippen molar-refractivity contribution in [3.63, 3.8) is 0 Å². The van der Waals surface area contributed by atoms with Gasteiger partial charge in [0.2, 0.25) is 0 Å². The van der Waals surface area contributed by atoms with Crippen LogP contribution in [-0.2, 0) is 20.9 Å². The second kappa shape index (κ2) is 8.20. The molecule has 24 heavy (non-hydrogen) atoms. The molecule has 2 N–H and O–H groups in total. The Bertz CT molecular complexity index is 568. The molecule has 1 aromatic rings. The van der Waals surface area contributed by atoms with Gasteiger partial charge in [0.25, 0.3) is 12.4 Å². The summed E-state index contributed by atoms with van der Waals surface area (Å²) < 4.78 is 7.57. The lowest BCUT2D eigenvalue weighted by molar-refractivity contribution is -0.141. The molecule has 0 aromatic carbocycles.